The maximum absolute atomic E-state index is 11.0. The molecule has 0 unspecified atom stereocenters. The third-order valence-corrected chi connectivity index (χ3v) is 1.64. The molecule has 0 aliphatic heterocycles. The first-order valence-corrected chi connectivity index (χ1v) is 3.84. The lowest BCUT2D eigenvalue weighted by molar-refractivity contribution is 0.0740. The van der Waals surface area contributed by atoms with Gasteiger partial charge in [-0.3, -0.25) is 4.68 Å². The van der Waals surface area contributed by atoms with E-state index in [1.54, 1.807) is 20.2 Å². The monoisotopic (exact) mass is 204 g/mol. The van der Waals surface area contributed by atoms with Crippen LogP contribution >= 0.6 is 11.9 Å². The number of carbonyl (C=O) groups is 1. The van der Waals surface area contributed by atoms with Crippen molar-refractivity contribution in [2.24, 2.45) is 7.05 Å². The first-order valence-electron chi connectivity index (χ1n) is 3.53. The number of rotatable bonds is 3. The molecule has 1 rings (SSSR count). The molecule has 0 saturated carbocycles. The van der Waals surface area contributed by atoms with Crippen LogP contribution in [-0.2, 0) is 22.7 Å². The topological polar surface area (TPSA) is 53.4 Å². The molecule has 72 valence electrons. The number of nitrogens with zero attached hydrogens (tertiary/aromatic N) is 2. The molecule has 1 aromatic heterocycles. The van der Waals surface area contributed by atoms with Gasteiger partial charge in [-0.05, 0) is 6.07 Å². The Hall–Kier alpha value is -1.07. The number of carbonyl (C=O) groups excluding carboxylic acids is 1. The van der Waals surface area contributed by atoms with Crippen molar-refractivity contribution in [3.05, 3.63) is 17.5 Å². The van der Waals surface area contributed by atoms with Crippen LogP contribution in [0.5, 0.6) is 0 Å². The molecule has 0 amide bonds. The summed E-state index contributed by atoms with van der Waals surface area (Å²) in [6, 6.07) is 1.56. The van der Waals surface area contributed by atoms with Crippen molar-refractivity contribution in [2.45, 2.75) is 6.61 Å². The SMILES string of the molecule is COCc1cc(C(=O)OCl)n(C)n1. The van der Waals surface area contributed by atoms with Crippen LogP contribution < -0.4 is 0 Å². The van der Waals surface area contributed by atoms with Crippen LogP contribution in [-0.4, -0.2) is 22.9 Å². The van der Waals surface area contributed by atoms with E-state index in [0.717, 1.165) is 0 Å². The van der Waals surface area contributed by atoms with Crippen molar-refractivity contribution in [2.75, 3.05) is 7.11 Å². The van der Waals surface area contributed by atoms with E-state index in [0.29, 0.717) is 18.0 Å². The Morgan fingerprint density at radius 1 is 1.77 bits per heavy atom. The highest BCUT2D eigenvalue weighted by Gasteiger charge is 2.13. The van der Waals surface area contributed by atoms with Gasteiger partial charge in [0, 0.05) is 14.2 Å². The molecule has 0 saturated heterocycles. The second kappa shape index (κ2) is 4.25. The summed E-state index contributed by atoms with van der Waals surface area (Å²) in [7, 11) is 3.18. The Bertz CT molecular complexity index is 311. The molecule has 13 heavy (non-hydrogen) atoms. The number of ether oxygens (including phenoxy) is 1. The fourth-order valence-electron chi connectivity index (χ4n) is 0.976. The van der Waals surface area contributed by atoms with Crippen molar-refractivity contribution in [3.63, 3.8) is 0 Å². The lowest BCUT2D eigenvalue weighted by Gasteiger charge is -1.94. The van der Waals surface area contributed by atoms with Crippen LogP contribution in [0.4, 0.5) is 0 Å². The first kappa shape index (κ1) is 10.0. The van der Waals surface area contributed by atoms with E-state index in [1.165, 1.54) is 4.68 Å². The molecule has 0 radical (unpaired) electrons. The van der Waals surface area contributed by atoms with Gasteiger partial charge < -0.3 is 9.03 Å². The largest absolute Gasteiger partial charge is 0.378 e. The van der Waals surface area contributed by atoms with E-state index >= 15 is 0 Å². The first-order chi connectivity index (χ1) is 6.19. The van der Waals surface area contributed by atoms with Gasteiger partial charge in [-0.2, -0.15) is 5.10 Å². The molecule has 0 atom stereocenters. The summed E-state index contributed by atoms with van der Waals surface area (Å²) in [5.41, 5.74) is 0.948. The minimum Gasteiger partial charge on any atom is -0.378 e. The second-order valence-corrected chi connectivity index (χ2v) is 2.60. The molecule has 0 aromatic carbocycles. The van der Waals surface area contributed by atoms with Gasteiger partial charge in [0.1, 0.15) is 17.6 Å². The smallest absolute Gasteiger partial charge is 0.374 e. The fourth-order valence-corrected chi connectivity index (χ4v) is 1.05. The second-order valence-electron chi connectivity index (χ2n) is 2.44. The molecule has 0 aliphatic carbocycles. The van der Waals surface area contributed by atoms with Crippen molar-refractivity contribution in [1.29, 1.82) is 0 Å². The number of aryl methyl sites for hydroxylation is 1. The summed E-state index contributed by atoms with van der Waals surface area (Å²) < 4.78 is 10.3. The molecule has 5 nitrogen and oxygen atoms in total. The van der Waals surface area contributed by atoms with Gasteiger partial charge >= 0.3 is 5.97 Å². The minimum absolute atomic E-state index is 0.294. The molecular formula is C7H9ClN2O3. The fraction of sp³-hybridized carbons (Fsp3) is 0.429. The highest BCUT2D eigenvalue weighted by atomic mass is 35.5. The zero-order chi connectivity index (χ0) is 9.84. The van der Waals surface area contributed by atoms with Crippen LogP contribution in [0.3, 0.4) is 0 Å². The highest BCUT2D eigenvalue weighted by Crippen LogP contribution is 2.06. The predicted molar refractivity (Wildman–Crippen MR) is 45.2 cm³/mol. The zero-order valence-corrected chi connectivity index (χ0v) is 8.04. The van der Waals surface area contributed by atoms with E-state index < -0.39 is 5.97 Å². The minimum atomic E-state index is -0.626. The number of hydrogen-bond acceptors (Lipinski definition) is 4. The van der Waals surface area contributed by atoms with Gasteiger partial charge in [-0.1, -0.05) is 0 Å². The van der Waals surface area contributed by atoms with Crippen LogP contribution in [0.1, 0.15) is 16.2 Å². The van der Waals surface area contributed by atoms with Crippen molar-refractivity contribution in [3.8, 4) is 0 Å². The van der Waals surface area contributed by atoms with E-state index in [2.05, 4.69) is 9.39 Å². The summed E-state index contributed by atoms with van der Waals surface area (Å²) in [6.45, 7) is 0.351. The molecule has 0 aliphatic rings. The third-order valence-electron chi connectivity index (χ3n) is 1.50. The molecule has 1 heterocycles. The maximum atomic E-state index is 11.0. The Morgan fingerprint density at radius 3 is 3.00 bits per heavy atom. The lowest BCUT2D eigenvalue weighted by atomic mass is 10.3. The Balaban J connectivity index is 2.89. The van der Waals surface area contributed by atoms with Crippen molar-refractivity contribution < 1.29 is 13.8 Å². The predicted octanol–water partition coefficient (Wildman–Crippen LogP) is 0.877. The molecule has 6 heteroatoms. The number of methoxy groups -OCH3 is 1. The maximum Gasteiger partial charge on any atom is 0.374 e. The number of aromatic nitrogens is 2. The molecule has 0 N–H and O–H groups in total. The summed E-state index contributed by atoms with van der Waals surface area (Å²) in [5, 5.41) is 4.00. The van der Waals surface area contributed by atoms with Crippen LogP contribution in [0.15, 0.2) is 6.07 Å². The summed E-state index contributed by atoms with van der Waals surface area (Å²) >= 11 is 4.92. The van der Waals surface area contributed by atoms with Crippen molar-refractivity contribution >= 4 is 17.8 Å². The standard InChI is InChI=1S/C7H9ClN2O3/c1-10-6(7(11)13-8)3-5(9-10)4-12-2/h3H,4H2,1-2H3. The normalized spacial score (nSPS) is 10.1. The third kappa shape index (κ3) is 2.19. The van der Waals surface area contributed by atoms with E-state index in [-0.39, 0.29) is 0 Å². The number of halogens is 1. The van der Waals surface area contributed by atoms with Crippen LogP contribution in [0, 0.1) is 0 Å². The Labute approximate surface area is 80.4 Å². The van der Waals surface area contributed by atoms with Gasteiger partial charge in [-0.15, -0.1) is 0 Å². The van der Waals surface area contributed by atoms with E-state index in [1.807, 2.05) is 0 Å². The Kier molecular flexibility index (Phi) is 3.27. The lowest BCUT2D eigenvalue weighted by Crippen LogP contribution is -2.06. The quantitative estimate of drug-likeness (QED) is 0.734. The highest BCUT2D eigenvalue weighted by molar-refractivity contribution is 6.15. The van der Waals surface area contributed by atoms with Gasteiger partial charge in [0.05, 0.1) is 12.3 Å². The van der Waals surface area contributed by atoms with Crippen molar-refractivity contribution in [1.82, 2.24) is 9.78 Å². The number of hydrogen-bond donors (Lipinski definition) is 0. The van der Waals surface area contributed by atoms with Crippen LogP contribution in [0.2, 0.25) is 0 Å². The molecule has 0 fully saturated rings. The molecule has 0 spiro atoms. The summed E-state index contributed by atoms with van der Waals surface area (Å²) in [6.07, 6.45) is 0. The zero-order valence-electron chi connectivity index (χ0n) is 7.28. The Morgan fingerprint density at radius 2 is 2.46 bits per heavy atom. The van der Waals surface area contributed by atoms with Gasteiger partial charge in [-0.25, -0.2) is 4.79 Å². The van der Waals surface area contributed by atoms with E-state index in [4.69, 9.17) is 16.6 Å². The van der Waals surface area contributed by atoms with Gasteiger partial charge in [0.15, 0.2) is 0 Å². The average Bonchev–Trinajstić information content (AvgIpc) is 2.46. The summed E-state index contributed by atoms with van der Waals surface area (Å²) in [4.78, 5) is 11.0. The van der Waals surface area contributed by atoms with E-state index in [9.17, 15) is 4.79 Å². The van der Waals surface area contributed by atoms with Gasteiger partial charge in [0.25, 0.3) is 0 Å². The molecule has 0 bridgehead atoms. The van der Waals surface area contributed by atoms with Gasteiger partial charge in [0.2, 0.25) is 0 Å². The average molecular weight is 205 g/mol. The van der Waals surface area contributed by atoms with Crippen LogP contribution in [0.25, 0.3) is 0 Å². The summed E-state index contributed by atoms with van der Waals surface area (Å²) in [5.74, 6) is -0.626. The molecular weight excluding hydrogens is 196 g/mol. The molecule has 1 aromatic rings.